The van der Waals surface area contributed by atoms with E-state index in [9.17, 15) is 9.59 Å². The van der Waals surface area contributed by atoms with Crippen LogP contribution in [0.15, 0.2) is 53.2 Å². The fraction of sp³-hybridized carbons (Fsp3) is 0.280. The minimum Gasteiger partial charge on any atom is -0.491 e. The van der Waals surface area contributed by atoms with Crippen LogP contribution in [-0.4, -0.2) is 63.1 Å². The number of nitrogens with zero attached hydrogens (tertiary/aromatic N) is 5. The molecule has 2 amide bonds. The van der Waals surface area contributed by atoms with Crippen molar-refractivity contribution in [1.29, 1.82) is 0 Å². The van der Waals surface area contributed by atoms with E-state index in [2.05, 4.69) is 30.9 Å². The molecular formula is C25H27N7O6. The Labute approximate surface area is 218 Å². The molecule has 13 heteroatoms. The van der Waals surface area contributed by atoms with E-state index in [1.54, 1.807) is 54.3 Å². The number of nitrogens with one attached hydrogen (secondary N) is 2. The summed E-state index contributed by atoms with van der Waals surface area (Å²) >= 11 is 0. The zero-order valence-electron chi connectivity index (χ0n) is 21.3. The number of hydrogen-bond donors (Lipinski definition) is 2. The fourth-order valence-corrected chi connectivity index (χ4v) is 3.24. The van der Waals surface area contributed by atoms with E-state index in [0.29, 0.717) is 47.5 Å². The zero-order chi connectivity index (χ0) is 27.1. The summed E-state index contributed by atoms with van der Waals surface area (Å²) in [6.07, 6.45) is 3.08. The van der Waals surface area contributed by atoms with Gasteiger partial charge in [-0.1, -0.05) is 0 Å². The van der Waals surface area contributed by atoms with Crippen molar-refractivity contribution in [3.8, 4) is 28.8 Å². The molecule has 0 aliphatic rings. The SMILES string of the molecule is COCCNC(=O)c1nnc(-c2ccc(Oc3cc(OC(C)C)cc(C(=O)Nc4ccn(C)n4)c3)cn2)o1. The Morgan fingerprint density at radius 2 is 1.87 bits per heavy atom. The van der Waals surface area contributed by atoms with Gasteiger partial charge in [0, 0.05) is 44.6 Å². The van der Waals surface area contributed by atoms with Gasteiger partial charge in [-0.15, -0.1) is 10.2 Å². The third kappa shape index (κ3) is 6.91. The van der Waals surface area contributed by atoms with Crippen LogP contribution in [0.5, 0.6) is 17.2 Å². The van der Waals surface area contributed by atoms with Gasteiger partial charge in [0.25, 0.3) is 11.8 Å². The molecule has 4 aromatic rings. The van der Waals surface area contributed by atoms with E-state index in [1.807, 2.05) is 13.8 Å². The largest absolute Gasteiger partial charge is 0.491 e. The number of benzene rings is 1. The van der Waals surface area contributed by atoms with Crippen LogP contribution in [0.25, 0.3) is 11.6 Å². The number of amides is 2. The summed E-state index contributed by atoms with van der Waals surface area (Å²) in [5.41, 5.74) is 0.684. The second-order valence-corrected chi connectivity index (χ2v) is 8.33. The van der Waals surface area contributed by atoms with Crippen LogP contribution in [0, 0.1) is 0 Å². The standard InChI is InChI=1S/C25H27N7O6/c1-15(2)36-18-11-16(22(33)28-21-7-9-32(3)31-21)12-19(13-18)37-17-5-6-20(27-14-17)24-29-30-25(38-24)23(34)26-8-10-35-4/h5-7,9,11-15H,8,10H2,1-4H3,(H,26,34)(H,28,31,33). The summed E-state index contributed by atoms with van der Waals surface area (Å²) in [4.78, 5) is 29.2. The summed E-state index contributed by atoms with van der Waals surface area (Å²) in [7, 11) is 3.29. The van der Waals surface area contributed by atoms with Gasteiger partial charge in [0.15, 0.2) is 5.82 Å². The first-order valence-corrected chi connectivity index (χ1v) is 11.7. The molecule has 3 heterocycles. The van der Waals surface area contributed by atoms with Gasteiger partial charge >= 0.3 is 11.8 Å². The number of hydrogen-bond acceptors (Lipinski definition) is 10. The van der Waals surface area contributed by atoms with E-state index in [-0.39, 0.29) is 23.8 Å². The first-order valence-electron chi connectivity index (χ1n) is 11.7. The average Bonchev–Trinajstić information content (AvgIpc) is 3.53. The van der Waals surface area contributed by atoms with Gasteiger partial charge in [-0.25, -0.2) is 4.98 Å². The average molecular weight is 522 g/mol. The molecule has 0 bridgehead atoms. The molecule has 1 aromatic carbocycles. The zero-order valence-corrected chi connectivity index (χ0v) is 21.3. The third-order valence-electron chi connectivity index (χ3n) is 4.87. The van der Waals surface area contributed by atoms with Gasteiger partial charge in [-0.3, -0.25) is 14.3 Å². The summed E-state index contributed by atoms with van der Waals surface area (Å²) in [6, 6.07) is 9.85. The lowest BCUT2D eigenvalue weighted by Gasteiger charge is -2.14. The maximum atomic E-state index is 12.8. The topological polar surface area (TPSA) is 156 Å². The van der Waals surface area contributed by atoms with Crippen molar-refractivity contribution in [1.82, 2.24) is 30.3 Å². The van der Waals surface area contributed by atoms with Gasteiger partial charge in [0.05, 0.1) is 18.9 Å². The highest BCUT2D eigenvalue weighted by Crippen LogP contribution is 2.29. The Hall–Kier alpha value is -4.78. The molecule has 2 N–H and O–H groups in total. The number of carbonyl (C=O) groups is 2. The van der Waals surface area contributed by atoms with Gasteiger partial charge in [-0.2, -0.15) is 5.10 Å². The van der Waals surface area contributed by atoms with Gasteiger partial charge in [0.2, 0.25) is 0 Å². The van der Waals surface area contributed by atoms with Gasteiger partial charge < -0.3 is 29.3 Å². The van der Waals surface area contributed by atoms with Crippen LogP contribution in [0.3, 0.4) is 0 Å². The molecule has 0 aliphatic carbocycles. The Kier molecular flexibility index (Phi) is 8.28. The lowest BCUT2D eigenvalue weighted by atomic mass is 10.2. The number of ether oxygens (including phenoxy) is 3. The molecule has 0 radical (unpaired) electrons. The highest BCUT2D eigenvalue weighted by molar-refractivity contribution is 6.04. The normalized spacial score (nSPS) is 10.9. The Morgan fingerprint density at radius 1 is 1.05 bits per heavy atom. The lowest BCUT2D eigenvalue weighted by Crippen LogP contribution is -2.27. The minimum atomic E-state index is -0.507. The molecule has 0 atom stereocenters. The molecule has 0 unspecified atom stereocenters. The molecule has 0 fully saturated rings. The van der Waals surface area contributed by atoms with Crippen LogP contribution in [0.2, 0.25) is 0 Å². The first kappa shape index (κ1) is 26.3. The highest BCUT2D eigenvalue weighted by atomic mass is 16.5. The molecule has 4 rings (SSSR count). The number of aromatic nitrogens is 5. The summed E-state index contributed by atoms with van der Waals surface area (Å²) < 4.78 is 23.7. The van der Waals surface area contributed by atoms with Gasteiger partial charge in [0.1, 0.15) is 22.9 Å². The van der Waals surface area contributed by atoms with Crippen LogP contribution >= 0.6 is 0 Å². The molecule has 198 valence electrons. The molecule has 0 saturated carbocycles. The third-order valence-corrected chi connectivity index (χ3v) is 4.87. The van der Waals surface area contributed by atoms with Crippen molar-refractivity contribution < 1.29 is 28.2 Å². The number of aryl methyl sites for hydroxylation is 1. The second kappa shape index (κ2) is 12.0. The maximum Gasteiger partial charge on any atom is 0.308 e. The monoisotopic (exact) mass is 521 g/mol. The molecule has 0 spiro atoms. The van der Waals surface area contributed by atoms with Crippen molar-refractivity contribution in [2.75, 3.05) is 25.6 Å². The number of methoxy groups -OCH3 is 1. The predicted octanol–water partition coefficient (Wildman–Crippen LogP) is 3.07. The Balaban J connectivity index is 1.48. The van der Waals surface area contributed by atoms with Crippen LogP contribution < -0.4 is 20.1 Å². The molecule has 3 aromatic heterocycles. The van der Waals surface area contributed by atoms with Crippen LogP contribution in [-0.2, 0) is 11.8 Å². The molecule has 0 aliphatic heterocycles. The number of carbonyl (C=O) groups excluding carboxylic acids is 2. The van der Waals surface area contributed by atoms with Crippen molar-refractivity contribution in [3.63, 3.8) is 0 Å². The number of anilines is 1. The fourth-order valence-electron chi connectivity index (χ4n) is 3.24. The van der Waals surface area contributed by atoms with Crippen molar-refractivity contribution in [3.05, 3.63) is 60.2 Å². The lowest BCUT2D eigenvalue weighted by molar-refractivity contribution is 0.0902. The summed E-state index contributed by atoms with van der Waals surface area (Å²) in [6.45, 7) is 4.44. The van der Waals surface area contributed by atoms with Crippen molar-refractivity contribution >= 4 is 17.6 Å². The molecule has 13 nitrogen and oxygen atoms in total. The first-order chi connectivity index (χ1) is 18.3. The molecule has 38 heavy (non-hydrogen) atoms. The smallest absolute Gasteiger partial charge is 0.308 e. The van der Waals surface area contributed by atoms with E-state index < -0.39 is 5.91 Å². The Bertz CT molecular complexity index is 1400. The van der Waals surface area contributed by atoms with Crippen LogP contribution in [0.4, 0.5) is 5.82 Å². The minimum absolute atomic E-state index is 0.0780. The quantitative estimate of drug-likeness (QED) is 0.281. The van der Waals surface area contributed by atoms with E-state index in [0.717, 1.165) is 0 Å². The predicted molar refractivity (Wildman–Crippen MR) is 135 cm³/mol. The maximum absolute atomic E-state index is 12.8. The molecule has 0 saturated heterocycles. The number of rotatable bonds is 11. The molecular weight excluding hydrogens is 494 g/mol. The number of pyridine rings is 1. The van der Waals surface area contributed by atoms with Gasteiger partial charge in [-0.05, 0) is 38.1 Å². The van der Waals surface area contributed by atoms with Crippen molar-refractivity contribution in [2.24, 2.45) is 7.05 Å². The van der Waals surface area contributed by atoms with Crippen LogP contribution in [0.1, 0.15) is 34.9 Å². The van der Waals surface area contributed by atoms with E-state index in [4.69, 9.17) is 18.6 Å². The Morgan fingerprint density at radius 3 is 2.55 bits per heavy atom. The second-order valence-electron chi connectivity index (χ2n) is 8.33. The van der Waals surface area contributed by atoms with E-state index in [1.165, 1.54) is 13.3 Å². The highest BCUT2D eigenvalue weighted by Gasteiger charge is 2.17. The summed E-state index contributed by atoms with van der Waals surface area (Å²) in [5, 5.41) is 17.1. The van der Waals surface area contributed by atoms with Crippen molar-refractivity contribution in [2.45, 2.75) is 20.0 Å². The summed E-state index contributed by atoms with van der Waals surface area (Å²) in [5.74, 6) is 0.676. The van der Waals surface area contributed by atoms with E-state index >= 15 is 0 Å².